The highest BCUT2D eigenvalue weighted by Crippen LogP contribution is 2.65. The Morgan fingerprint density at radius 2 is 1.95 bits per heavy atom. The fourth-order valence-corrected chi connectivity index (χ4v) is 6.76. The SMILES string of the molecule is C#CCNC(=O)COC(=O)CC12C[C@@H]3C[C@H](CC(Br)(C3)C1)C2. The zero-order valence-electron chi connectivity index (χ0n) is 12.7. The largest absolute Gasteiger partial charge is 0.456 e. The van der Waals surface area contributed by atoms with Crippen LogP contribution in [0.25, 0.3) is 0 Å². The number of rotatable bonds is 5. The van der Waals surface area contributed by atoms with Gasteiger partial charge in [-0.1, -0.05) is 21.9 Å². The van der Waals surface area contributed by atoms with Gasteiger partial charge in [-0.05, 0) is 55.8 Å². The molecular formula is C17H22BrNO3. The van der Waals surface area contributed by atoms with Crippen molar-refractivity contribution in [1.82, 2.24) is 5.32 Å². The van der Waals surface area contributed by atoms with E-state index >= 15 is 0 Å². The van der Waals surface area contributed by atoms with Crippen LogP contribution < -0.4 is 5.32 Å². The number of halogens is 1. The van der Waals surface area contributed by atoms with Gasteiger partial charge in [-0.3, -0.25) is 9.59 Å². The normalized spacial score (nSPS) is 38.4. The molecule has 0 heterocycles. The third-order valence-corrected chi connectivity index (χ3v) is 6.31. The molecule has 0 aromatic carbocycles. The number of nitrogens with one attached hydrogen (secondary N) is 1. The zero-order chi connectivity index (χ0) is 15.8. The molecule has 120 valence electrons. The van der Waals surface area contributed by atoms with Crippen LogP contribution in [0.1, 0.15) is 44.9 Å². The maximum absolute atomic E-state index is 12.2. The lowest BCUT2D eigenvalue weighted by molar-refractivity contribution is -0.154. The fraction of sp³-hybridized carbons (Fsp3) is 0.765. The van der Waals surface area contributed by atoms with Crippen LogP contribution in [0.3, 0.4) is 0 Å². The van der Waals surface area contributed by atoms with Gasteiger partial charge in [0.15, 0.2) is 6.61 Å². The van der Waals surface area contributed by atoms with Gasteiger partial charge in [0, 0.05) is 4.32 Å². The smallest absolute Gasteiger partial charge is 0.306 e. The number of hydrogen-bond donors (Lipinski definition) is 1. The minimum absolute atomic E-state index is 0.0833. The van der Waals surface area contributed by atoms with Crippen molar-refractivity contribution in [2.75, 3.05) is 13.2 Å². The summed E-state index contributed by atoms with van der Waals surface area (Å²) in [5.41, 5.74) is 0.0833. The highest BCUT2D eigenvalue weighted by atomic mass is 79.9. The summed E-state index contributed by atoms with van der Waals surface area (Å²) in [4.78, 5) is 23.6. The molecule has 4 rings (SSSR count). The number of carbonyl (C=O) groups is 2. The second-order valence-corrected chi connectivity index (χ2v) is 9.11. The van der Waals surface area contributed by atoms with Gasteiger partial charge >= 0.3 is 5.97 Å². The number of terminal acetylenes is 1. The number of esters is 1. The summed E-state index contributed by atoms with van der Waals surface area (Å²) in [6.07, 6.45) is 12.6. The van der Waals surface area contributed by atoms with Crippen LogP contribution in [0.4, 0.5) is 0 Å². The Kier molecular flexibility index (Phi) is 4.24. The van der Waals surface area contributed by atoms with Gasteiger partial charge in [0.25, 0.3) is 5.91 Å². The molecule has 0 radical (unpaired) electrons. The minimum Gasteiger partial charge on any atom is -0.456 e. The summed E-state index contributed by atoms with van der Waals surface area (Å²) in [6, 6.07) is 0. The van der Waals surface area contributed by atoms with E-state index in [1.807, 2.05) is 0 Å². The standard InChI is InChI=1S/C17H22BrNO3/c1-2-3-19-14(20)10-22-15(21)9-16-5-12-4-13(6-16)8-17(18,7-12)11-16/h1,12-13H,3-11H2,(H,19,20)/t12-,13-,16?,17?/m0/s1. The van der Waals surface area contributed by atoms with Gasteiger partial charge in [-0.25, -0.2) is 0 Å². The van der Waals surface area contributed by atoms with Gasteiger partial charge in [0.05, 0.1) is 13.0 Å². The van der Waals surface area contributed by atoms with E-state index in [9.17, 15) is 9.59 Å². The monoisotopic (exact) mass is 367 g/mol. The average Bonchev–Trinajstić information content (AvgIpc) is 2.39. The fourth-order valence-electron chi connectivity index (χ4n) is 5.25. The van der Waals surface area contributed by atoms with Gasteiger partial charge in [0.1, 0.15) is 0 Å². The van der Waals surface area contributed by atoms with Crippen LogP contribution in [-0.4, -0.2) is 29.4 Å². The first-order chi connectivity index (χ1) is 10.4. The number of ether oxygens (including phenoxy) is 1. The topological polar surface area (TPSA) is 55.4 Å². The van der Waals surface area contributed by atoms with E-state index in [4.69, 9.17) is 11.2 Å². The Morgan fingerprint density at radius 1 is 1.27 bits per heavy atom. The molecular weight excluding hydrogens is 346 g/mol. The average molecular weight is 368 g/mol. The highest BCUT2D eigenvalue weighted by molar-refractivity contribution is 9.10. The number of amides is 1. The maximum Gasteiger partial charge on any atom is 0.306 e. The van der Waals surface area contributed by atoms with E-state index < -0.39 is 0 Å². The molecule has 0 aromatic heterocycles. The quantitative estimate of drug-likeness (QED) is 0.461. The molecule has 22 heavy (non-hydrogen) atoms. The van der Waals surface area contributed by atoms with E-state index in [2.05, 4.69) is 27.2 Å². The lowest BCUT2D eigenvalue weighted by atomic mass is 9.49. The van der Waals surface area contributed by atoms with E-state index in [-0.39, 0.29) is 34.8 Å². The predicted molar refractivity (Wildman–Crippen MR) is 86.2 cm³/mol. The van der Waals surface area contributed by atoms with E-state index in [1.165, 1.54) is 19.3 Å². The van der Waals surface area contributed by atoms with Crippen LogP contribution in [-0.2, 0) is 14.3 Å². The molecule has 0 saturated heterocycles. The van der Waals surface area contributed by atoms with Crippen molar-refractivity contribution in [3.05, 3.63) is 0 Å². The maximum atomic E-state index is 12.2. The van der Waals surface area contributed by atoms with E-state index in [1.54, 1.807) is 0 Å². The molecule has 0 aromatic rings. The van der Waals surface area contributed by atoms with E-state index in [0.29, 0.717) is 6.42 Å². The molecule has 4 nitrogen and oxygen atoms in total. The third-order valence-electron chi connectivity index (χ3n) is 5.38. The summed E-state index contributed by atoms with van der Waals surface area (Å²) in [7, 11) is 0. The molecule has 0 unspecified atom stereocenters. The van der Waals surface area contributed by atoms with Crippen molar-refractivity contribution in [1.29, 1.82) is 0 Å². The van der Waals surface area contributed by atoms with E-state index in [0.717, 1.165) is 31.1 Å². The summed E-state index contributed by atoms with van der Waals surface area (Å²) < 4.78 is 5.38. The Morgan fingerprint density at radius 3 is 2.55 bits per heavy atom. The predicted octanol–water partition coefficient (Wildman–Crippen LogP) is 2.40. The van der Waals surface area contributed by atoms with Gasteiger partial charge in [0.2, 0.25) is 0 Å². The van der Waals surface area contributed by atoms with Crippen molar-refractivity contribution in [3.8, 4) is 12.3 Å². The van der Waals surface area contributed by atoms with Crippen molar-refractivity contribution < 1.29 is 14.3 Å². The molecule has 0 spiro atoms. The molecule has 4 bridgehead atoms. The van der Waals surface area contributed by atoms with Crippen molar-refractivity contribution in [3.63, 3.8) is 0 Å². The molecule has 1 amide bonds. The van der Waals surface area contributed by atoms with Gasteiger partial charge in [-0.15, -0.1) is 6.42 Å². The van der Waals surface area contributed by atoms with Crippen molar-refractivity contribution >= 4 is 27.8 Å². The van der Waals surface area contributed by atoms with Crippen molar-refractivity contribution in [2.24, 2.45) is 17.3 Å². The van der Waals surface area contributed by atoms with Gasteiger partial charge in [-0.2, -0.15) is 0 Å². The summed E-state index contributed by atoms with van der Waals surface area (Å²) in [5, 5.41) is 2.49. The second kappa shape index (κ2) is 5.88. The van der Waals surface area contributed by atoms with Crippen LogP contribution in [0, 0.1) is 29.6 Å². The number of hydrogen-bond acceptors (Lipinski definition) is 3. The minimum atomic E-state index is -0.339. The molecule has 5 heteroatoms. The first-order valence-corrected chi connectivity index (χ1v) is 8.76. The van der Waals surface area contributed by atoms with Crippen molar-refractivity contribution in [2.45, 2.75) is 49.3 Å². The Labute approximate surface area is 139 Å². The lowest BCUT2D eigenvalue weighted by Crippen LogP contribution is -2.53. The molecule has 4 fully saturated rings. The molecule has 2 atom stereocenters. The summed E-state index contributed by atoms with van der Waals surface area (Å²) in [5.74, 6) is 3.21. The Hall–Kier alpha value is -1.02. The van der Waals surface area contributed by atoms with Gasteiger partial charge < -0.3 is 10.1 Å². The lowest BCUT2D eigenvalue weighted by Gasteiger charge is -2.60. The zero-order valence-corrected chi connectivity index (χ0v) is 14.3. The molecule has 4 aliphatic rings. The second-order valence-electron chi connectivity index (χ2n) is 7.43. The Balaban J connectivity index is 1.53. The summed E-state index contributed by atoms with van der Waals surface area (Å²) in [6.45, 7) is -0.0707. The van der Waals surface area contributed by atoms with Crippen LogP contribution in [0.5, 0.6) is 0 Å². The first-order valence-electron chi connectivity index (χ1n) is 7.97. The van der Waals surface area contributed by atoms with Crippen LogP contribution >= 0.6 is 15.9 Å². The first kappa shape index (κ1) is 15.9. The van der Waals surface area contributed by atoms with Crippen LogP contribution in [0.15, 0.2) is 0 Å². The third kappa shape index (κ3) is 3.32. The molecule has 0 aliphatic heterocycles. The van der Waals surface area contributed by atoms with Crippen LogP contribution in [0.2, 0.25) is 0 Å². The molecule has 4 saturated carbocycles. The molecule has 4 aliphatic carbocycles. The highest BCUT2D eigenvalue weighted by Gasteiger charge is 2.57. The Bertz CT molecular complexity index is 510. The molecule has 1 N–H and O–H groups in total. The number of alkyl halides is 1. The number of carbonyl (C=O) groups excluding carboxylic acids is 2. The summed E-state index contributed by atoms with van der Waals surface area (Å²) >= 11 is 3.94.